The molecule has 0 aromatic heterocycles. The molecule has 35 heavy (non-hydrogen) atoms. The van der Waals surface area contributed by atoms with Gasteiger partial charge in [-0.3, -0.25) is 9.69 Å². The maximum atomic E-state index is 12.8. The van der Waals surface area contributed by atoms with E-state index in [0.717, 1.165) is 35.0 Å². The molecule has 3 aliphatic heterocycles. The predicted octanol–water partition coefficient (Wildman–Crippen LogP) is 5.41. The normalized spacial score (nSPS) is 28.8. The van der Waals surface area contributed by atoms with Crippen molar-refractivity contribution in [2.45, 2.75) is 69.1 Å². The van der Waals surface area contributed by atoms with Crippen molar-refractivity contribution < 1.29 is 9.53 Å². The molecule has 1 N–H and O–H groups in total. The molecule has 5 nitrogen and oxygen atoms in total. The van der Waals surface area contributed by atoms with Gasteiger partial charge in [0.2, 0.25) is 0 Å². The quantitative estimate of drug-likeness (QED) is 0.561. The summed E-state index contributed by atoms with van der Waals surface area (Å²) in [6, 6.07) is 17.6. The number of carbonyl (C=O) groups excluding carboxylic acids is 1. The minimum absolute atomic E-state index is 0.0690. The zero-order chi connectivity index (χ0) is 23.8. The first-order valence-electron chi connectivity index (χ1n) is 13.4. The Kier molecular flexibility index (Phi) is 6.78. The van der Waals surface area contributed by atoms with E-state index in [2.05, 4.69) is 45.9 Å². The molecule has 6 rings (SSSR count). The molecule has 186 valence electrons. The second-order valence-electron chi connectivity index (χ2n) is 10.8. The van der Waals surface area contributed by atoms with Crippen molar-refractivity contribution in [2.24, 2.45) is 5.92 Å². The van der Waals surface area contributed by atoms with E-state index in [-0.39, 0.29) is 5.91 Å². The number of hydrogen-bond acceptors (Lipinski definition) is 5. The average molecular weight is 492 g/mol. The number of fused-ring (bicyclic) bond motifs is 1. The van der Waals surface area contributed by atoms with Crippen LogP contribution in [0.4, 0.5) is 11.4 Å². The number of nitrogens with zero attached hydrogens (tertiary/aromatic N) is 2. The number of thioether (sulfide) groups is 1. The van der Waals surface area contributed by atoms with Gasteiger partial charge in [-0.2, -0.15) is 11.8 Å². The van der Waals surface area contributed by atoms with E-state index in [9.17, 15) is 4.79 Å². The summed E-state index contributed by atoms with van der Waals surface area (Å²) in [6.07, 6.45) is 6.69. The first-order valence-corrected chi connectivity index (χ1v) is 14.4. The zero-order valence-electron chi connectivity index (χ0n) is 20.7. The highest BCUT2D eigenvalue weighted by molar-refractivity contribution is 8.00. The number of anilines is 2. The third kappa shape index (κ3) is 4.98. The Bertz CT molecular complexity index is 1020. The highest BCUT2D eigenvalue weighted by atomic mass is 32.2. The van der Waals surface area contributed by atoms with Crippen LogP contribution < -0.4 is 10.2 Å². The third-order valence-electron chi connectivity index (χ3n) is 8.59. The molecule has 2 aromatic rings. The van der Waals surface area contributed by atoms with Gasteiger partial charge >= 0.3 is 0 Å². The molecule has 4 unspecified atom stereocenters. The predicted molar refractivity (Wildman–Crippen MR) is 144 cm³/mol. The largest absolute Gasteiger partial charge is 0.374 e. The SMILES string of the molecule is CC1SCCC1N1CC2CCN(c3ccc(NC(=O)c4ccc(COC5CCC5)cc4)cc3)C2C1. The van der Waals surface area contributed by atoms with Gasteiger partial charge in [-0.15, -0.1) is 0 Å². The number of ether oxygens (including phenoxy) is 1. The average Bonchev–Trinajstić information content (AvgIpc) is 3.54. The van der Waals surface area contributed by atoms with Crippen molar-refractivity contribution in [3.8, 4) is 0 Å². The summed E-state index contributed by atoms with van der Waals surface area (Å²) >= 11 is 2.13. The Hall–Kier alpha value is -2.02. The second kappa shape index (κ2) is 10.2. The van der Waals surface area contributed by atoms with Crippen molar-refractivity contribution in [3.63, 3.8) is 0 Å². The summed E-state index contributed by atoms with van der Waals surface area (Å²) < 4.78 is 5.87. The number of carbonyl (C=O) groups is 1. The van der Waals surface area contributed by atoms with E-state index >= 15 is 0 Å². The lowest BCUT2D eigenvalue weighted by atomic mass is 9.96. The topological polar surface area (TPSA) is 44.8 Å². The molecule has 0 radical (unpaired) electrons. The van der Waals surface area contributed by atoms with Crippen LogP contribution in [0, 0.1) is 5.92 Å². The van der Waals surface area contributed by atoms with Crippen molar-refractivity contribution in [1.82, 2.24) is 4.90 Å². The summed E-state index contributed by atoms with van der Waals surface area (Å²) in [5, 5.41) is 3.83. The van der Waals surface area contributed by atoms with Crippen molar-refractivity contribution in [3.05, 3.63) is 59.7 Å². The number of nitrogens with one attached hydrogen (secondary N) is 1. The van der Waals surface area contributed by atoms with Gasteiger partial charge in [0.1, 0.15) is 0 Å². The van der Waals surface area contributed by atoms with Gasteiger partial charge in [0.15, 0.2) is 0 Å². The van der Waals surface area contributed by atoms with E-state index in [1.165, 1.54) is 56.6 Å². The van der Waals surface area contributed by atoms with Crippen molar-refractivity contribution in [1.29, 1.82) is 0 Å². The van der Waals surface area contributed by atoms with Gasteiger partial charge in [0.05, 0.1) is 12.7 Å². The molecule has 1 aliphatic carbocycles. The number of amides is 1. The van der Waals surface area contributed by atoms with Gasteiger partial charge in [0, 0.05) is 53.9 Å². The summed E-state index contributed by atoms with van der Waals surface area (Å²) in [7, 11) is 0. The maximum absolute atomic E-state index is 12.8. The van der Waals surface area contributed by atoms with Crippen LogP contribution >= 0.6 is 11.8 Å². The van der Waals surface area contributed by atoms with Gasteiger partial charge in [-0.05, 0) is 85.7 Å². The Labute approximate surface area is 213 Å². The lowest BCUT2D eigenvalue weighted by molar-refractivity contribution is -0.00866. The van der Waals surface area contributed by atoms with Gasteiger partial charge in [0.25, 0.3) is 5.91 Å². The summed E-state index contributed by atoms with van der Waals surface area (Å²) in [4.78, 5) is 18.1. The summed E-state index contributed by atoms with van der Waals surface area (Å²) in [6.45, 7) is 6.63. The molecular formula is C29H37N3O2S. The standard InChI is InChI=1S/C29H37N3O2S/c1-20-27(14-16-35-20)31-17-23-13-15-32(28(23)18-31)25-11-9-24(10-12-25)30-29(33)22-7-5-21(6-8-22)19-34-26-3-2-4-26/h5-12,20,23,26-28H,2-4,13-19H2,1H3,(H,30,33). The molecule has 3 saturated heterocycles. The van der Waals surface area contributed by atoms with Gasteiger partial charge < -0.3 is 15.0 Å². The fourth-order valence-corrected chi connectivity index (χ4v) is 7.51. The van der Waals surface area contributed by atoms with Crippen LogP contribution in [-0.4, -0.2) is 59.6 Å². The highest BCUT2D eigenvalue weighted by Crippen LogP contribution is 2.39. The Balaban J connectivity index is 1.04. The van der Waals surface area contributed by atoms with E-state index < -0.39 is 0 Å². The van der Waals surface area contributed by atoms with Crippen molar-refractivity contribution in [2.75, 3.05) is 35.6 Å². The van der Waals surface area contributed by atoms with Gasteiger partial charge in [-0.1, -0.05) is 19.1 Å². The molecular weight excluding hydrogens is 454 g/mol. The van der Waals surface area contributed by atoms with E-state index in [4.69, 9.17) is 4.74 Å². The Morgan fingerprint density at radius 3 is 2.49 bits per heavy atom. The minimum Gasteiger partial charge on any atom is -0.374 e. The number of likely N-dealkylation sites (tertiary alicyclic amines) is 1. The maximum Gasteiger partial charge on any atom is 0.255 e. The first-order chi connectivity index (χ1) is 17.1. The molecule has 3 heterocycles. The first kappa shape index (κ1) is 23.4. The molecule has 1 amide bonds. The fourth-order valence-electron chi connectivity index (χ4n) is 6.23. The molecule has 6 heteroatoms. The molecule has 0 bridgehead atoms. The van der Waals surface area contributed by atoms with Crippen LogP contribution in [0.25, 0.3) is 0 Å². The van der Waals surface area contributed by atoms with Crippen LogP contribution in [0.5, 0.6) is 0 Å². The highest BCUT2D eigenvalue weighted by Gasteiger charge is 2.44. The number of hydrogen-bond donors (Lipinski definition) is 1. The van der Waals surface area contributed by atoms with Crippen LogP contribution in [0.1, 0.15) is 54.9 Å². The fraction of sp³-hybridized carbons (Fsp3) is 0.552. The van der Waals surface area contributed by atoms with E-state index in [1.807, 2.05) is 36.4 Å². The smallest absolute Gasteiger partial charge is 0.255 e. The molecule has 2 aromatic carbocycles. The second-order valence-corrected chi connectivity index (χ2v) is 12.2. The Morgan fingerprint density at radius 2 is 1.80 bits per heavy atom. The van der Waals surface area contributed by atoms with Crippen LogP contribution in [0.2, 0.25) is 0 Å². The van der Waals surface area contributed by atoms with E-state index in [0.29, 0.717) is 24.3 Å². The molecule has 1 saturated carbocycles. The van der Waals surface area contributed by atoms with Crippen LogP contribution in [-0.2, 0) is 11.3 Å². The molecule has 4 fully saturated rings. The van der Waals surface area contributed by atoms with Crippen LogP contribution in [0.3, 0.4) is 0 Å². The summed E-state index contributed by atoms with van der Waals surface area (Å²) in [5.41, 5.74) is 3.92. The molecule has 4 aliphatic rings. The van der Waals surface area contributed by atoms with Crippen molar-refractivity contribution >= 4 is 29.0 Å². The monoisotopic (exact) mass is 491 g/mol. The molecule has 0 spiro atoms. The lowest BCUT2D eigenvalue weighted by Gasteiger charge is -2.30. The number of rotatable bonds is 7. The van der Waals surface area contributed by atoms with Crippen LogP contribution in [0.15, 0.2) is 48.5 Å². The van der Waals surface area contributed by atoms with Gasteiger partial charge in [-0.25, -0.2) is 0 Å². The summed E-state index contributed by atoms with van der Waals surface area (Å²) in [5.74, 6) is 2.03. The number of benzene rings is 2. The zero-order valence-corrected chi connectivity index (χ0v) is 21.5. The lowest BCUT2D eigenvalue weighted by Crippen LogP contribution is -2.41. The van der Waals surface area contributed by atoms with E-state index in [1.54, 1.807) is 0 Å². The Morgan fingerprint density at radius 1 is 1.00 bits per heavy atom. The molecule has 4 atom stereocenters. The minimum atomic E-state index is -0.0690. The third-order valence-corrected chi connectivity index (χ3v) is 9.90.